The lowest BCUT2D eigenvalue weighted by Crippen LogP contribution is -2.26. The average molecular weight is 400 g/mol. The molecule has 2 N–H and O–H groups in total. The zero-order chi connectivity index (χ0) is 20.8. The van der Waals surface area contributed by atoms with E-state index < -0.39 is 0 Å². The molecule has 0 spiro atoms. The van der Waals surface area contributed by atoms with E-state index in [1.165, 1.54) is 0 Å². The van der Waals surface area contributed by atoms with Gasteiger partial charge in [0.15, 0.2) is 0 Å². The number of hydrogen-bond donors (Lipinski definition) is 1. The number of nitriles is 1. The topological polar surface area (TPSA) is 94.1 Å². The van der Waals surface area contributed by atoms with Crippen molar-refractivity contribution >= 4 is 0 Å². The van der Waals surface area contributed by atoms with Gasteiger partial charge < -0.3 is 15.2 Å². The first-order valence-corrected chi connectivity index (χ1v) is 10.1. The van der Waals surface area contributed by atoms with Crippen LogP contribution in [0.3, 0.4) is 0 Å². The summed E-state index contributed by atoms with van der Waals surface area (Å²) in [7, 11) is 0. The summed E-state index contributed by atoms with van der Waals surface area (Å²) in [5, 5.41) is 9.62. The molecule has 0 saturated carbocycles. The fourth-order valence-electron chi connectivity index (χ4n) is 3.47. The normalized spacial score (nSPS) is 14.3. The van der Waals surface area contributed by atoms with Gasteiger partial charge in [0.05, 0.1) is 24.5 Å². The van der Waals surface area contributed by atoms with Gasteiger partial charge in [0, 0.05) is 37.6 Å². The van der Waals surface area contributed by atoms with Crippen LogP contribution in [0, 0.1) is 11.3 Å². The molecule has 2 heterocycles. The predicted molar refractivity (Wildman–Crippen MR) is 114 cm³/mol. The van der Waals surface area contributed by atoms with E-state index in [0.717, 1.165) is 41.1 Å². The number of nitrogens with zero attached hydrogens (tertiary/aromatic N) is 3. The molecule has 0 atom stereocenters. The first kappa shape index (κ1) is 20.0. The SMILES string of the molecule is N#Cc1cc(-c2ccnc(Cc3ccc(CN)cc3)n2)ccc1OC1CCOCC1. The van der Waals surface area contributed by atoms with Crippen LogP contribution >= 0.6 is 0 Å². The van der Waals surface area contributed by atoms with Crippen LogP contribution in [0.4, 0.5) is 0 Å². The smallest absolute Gasteiger partial charge is 0.137 e. The first-order valence-electron chi connectivity index (χ1n) is 10.1. The molecule has 0 bridgehead atoms. The van der Waals surface area contributed by atoms with E-state index in [-0.39, 0.29) is 6.10 Å². The fourth-order valence-corrected chi connectivity index (χ4v) is 3.47. The molecule has 1 aliphatic heterocycles. The van der Waals surface area contributed by atoms with Gasteiger partial charge in [0.1, 0.15) is 23.7 Å². The Labute approximate surface area is 176 Å². The number of hydrogen-bond acceptors (Lipinski definition) is 6. The second-order valence-electron chi connectivity index (χ2n) is 7.31. The van der Waals surface area contributed by atoms with E-state index in [2.05, 4.69) is 23.2 Å². The second-order valence-corrected chi connectivity index (χ2v) is 7.31. The highest BCUT2D eigenvalue weighted by molar-refractivity contribution is 5.64. The molecule has 1 fully saturated rings. The van der Waals surface area contributed by atoms with Gasteiger partial charge in [-0.1, -0.05) is 24.3 Å². The van der Waals surface area contributed by atoms with Crippen molar-refractivity contribution in [1.82, 2.24) is 9.97 Å². The van der Waals surface area contributed by atoms with Crippen molar-refractivity contribution in [3.05, 3.63) is 77.2 Å². The van der Waals surface area contributed by atoms with Gasteiger partial charge in [-0.25, -0.2) is 9.97 Å². The van der Waals surface area contributed by atoms with Crippen molar-refractivity contribution < 1.29 is 9.47 Å². The van der Waals surface area contributed by atoms with Crippen molar-refractivity contribution in [2.45, 2.75) is 31.9 Å². The third kappa shape index (κ3) is 4.82. The highest BCUT2D eigenvalue weighted by Crippen LogP contribution is 2.27. The van der Waals surface area contributed by atoms with Gasteiger partial charge in [-0.05, 0) is 35.4 Å². The molecule has 6 heteroatoms. The lowest BCUT2D eigenvalue weighted by Gasteiger charge is -2.23. The van der Waals surface area contributed by atoms with E-state index in [0.29, 0.717) is 37.5 Å². The van der Waals surface area contributed by atoms with Gasteiger partial charge in [-0.2, -0.15) is 5.26 Å². The van der Waals surface area contributed by atoms with Gasteiger partial charge in [-0.15, -0.1) is 0 Å². The number of nitrogens with two attached hydrogens (primary N) is 1. The maximum absolute atomic E-state index is 9.62. The van der Waals surface area contributed by atoms with E-state index in [9.17, 15) is 5.26 Å². The lowest BCUT2D eigenvalue weighted by molar-refractivity contribution is 0.0254. The van der Waals surface area contributed by atoms with E-state index in [1.54, 1.807) is 6.20 Å². The van der Waals surface area contributed by atoms with Crippen molar-refractivity contribution in [2.24, 2.45) is 5.73 Å². The quantitative estimate of drug-likeness (QED) is 0.679. The van der Waals surface area contributed by atoms with Crippen LogP contribution in [0.15, 0.2) is 54.7 Å². The monoisotopic (exact) mass is 400 g/mol. The molecule has 1 saturated heterocycles. The lowest BCUT2D eigenvalue weighted by atomic mass is 10.1. The molecule has 2 aromatic carbocycles. The predicted octanol–water partition coefficient (Wildman–Crippen LogP) is 3.62. The average Bonchev–Trinajstić information content (AvgIpc) is 2.81. The van der Waals surface area contributed by atoms with Crippen molar-refractivity contribution in [1.29, 1.82) is 5.26 Å². The summed E-state index contributed by atoms with van der Waals surface area (Å²) in [5.41, 5.74) is 10.1. The molecule has 6 nitrogen and oxygen atoms in total. The molecular weight excluding hydrogens is 376 g/mol. The van der Waals surface area contributed by atoms with Crippen molar-refractivity contribution in [3.63, 3.8) is 0 Å². The molecule has 0 amide bonds. The number of ether oxygens (including phenoxy) is 2. The number of rotatable bonds is 6. The molecule has 1 aliphatic rings. The molecule has 1 aromatic heterocycles. The van der Waals surface area contributed by atoms with Crippen LogP contribution in [0.5, 0.6) is 5.75 Å². The van der Waals surface area contributed by atoms with Crippen LogP contribution in [0.25, 0.3) is 11.3 Å². The third-order valence-electron chi connectivity index (χ3n) is 5.18. The van der Waals surface area contributed by atoms with Crippen LogP contribution in [-0.4, -0.2) is 29.3 Å². The molecule has 0 radical (unpaired) electrons. The maximum atomic E-state index is 9.62. The maximum Gasteiger partial charge on any atom is 0.137 e. The minimum atomic E-state index is 0.0908. The molecule has 0 aliphatic carbocycles. The minimum absolute atomic E-state index is 0.0908. The van der Waals surface area contributed by atoms with Crippen molar-refractivity contribution in [2.75, 3.05) is 13.2 Å². The fraction of sp³-hybridized carbons (Fsp3) is 0.292. The van der Waals surface area contributed by atoms with Crippen LogP contribution < -0.4 is 10.5 Å². The Balaban J connectivity index is 1.53. The number of benzene rings is 2. The Morgan fingerprint density at radius 3 is 2.57 bits per heavy atom. The molecule has 30 heavy (non-hydrogen) atoms. The summed E-state index contributed by atoms with van der Waals surface area (Å²) in [6.45, 7) is 1.92. The highest BCUT2D eigenvalue weighted by atomic mass is 16.5. The zero-order valence-electron chi connectivity index (χ0n) is 16.8. The zero-order valence-corrected chi connectivity index (χ0v) is 16.8. The number of aromatic nitrogens is 2. The summed E-state index contributed by atoms with van der Waals surface area (Å²) in [6.07, 6.45) is 4.16. The molecular formula is C24H24N4O2. The summed E-state index contributed by atoms with van der Waals surface area (Å²) in [6, 6.07) is 17.9. The van der Waals surface area contributed by atoms with Crippen molar-refractivity contribution in [3.8, 4) is 23.1 Å². The van der Waals surface area contributed by atoms with Gasteiger partial charge >= 0.3 is 0 Å². The van der Waals surface area contributed by atoms with E-state index >= 15 is 0 Å². The Morgan fingerprint density at radius 2 is 1.83 bits per heavy atom. The standard InChI is InChI=1S/C24H24N4O2/c25-15-18-3-1-17(2-4-18)13-24-27-10-7-22(28-24)19-5-6-23(20(14-19)16-26)30-21-8-11-29-12-9-21/h1-7,10,14,21H,8-9,11-13,15,25H2. The summed E-state index contributed by atoms with van der Waals surface area (Å²) < 4.78 is 11.4. The highest BCUT2D eigenvalue weighted by Gasteiger charge is 2.17. The van der Waals surface area contributed by atoms with Crippen LogP contribution in [0.1, 0.15) is 35.4 Å². The molecule has 4 rings (SSSR count). The Kier molecular flexibility index (Phi) is 6.33. The van der Waals surface area contributed by atoms with Gasteiger partial charge in [0.25, 0.3) is 0 Å². The summed E-state index contributed by atoms with van der Waals surface area (Å²) in [4.78, 5) is 9.10. The summed E-state index contributed by atoms with van der Waals surface area (Å²) >= 11 is 0. The van der Waals surface area contributed by atoms with Crippen LogP contribution in [-0.2, 0) is 17.7 Å². The first-order chi connectivity index (χ1) is 14.7. The third-order valence-corrected chi connectivity index (χ3v) is 5.18. The molecule has 152 valence electrons. The minimum Gasteiger partial charge on any atom is -0.489 e. The van der Waals surface area contributed by atoms with Crippen LogP contribution in [0.2, 0.25) is 0 Å². The summed E-state index contributed by atoms with van der Waals surface area (Å²) in [5.74, 6) is 1.34. The van der Waals surface area contributed by atoms with Gasteiger partial charge in [-0.3, -0.25) is 0 Å². The largest absolute Gasteiger partial charge is 0.489 e. The Hall–Kier alpha value is -3.27. The van der Waals surface area contributed by atoms with E-state index in [4.69, 9.17) is 20.2 Å². The molecule has 3 aromatic rings. The van der Waals surface area contributed by atoms with E-state index in [1.807, 2.05) is 36.4 Å². The molecule has 0 unspecified atom stereocenters. The Morgan fingerprint density at radius 1 is 1.07 bits per heavy atom. The Bertz CT molecular complexity index is 1040. The second kappa shape index (κ2) is 9.49. The van der Waals surface area contributed by atoms with Gasteiger partial charge in [0.2, 0.25) is 0 Å².